The lowest BCUT2D eigenvalue weighted by Gasteiger charge is -2.32. The Balaban J connectivity index is 2.12. The highest BCUT2D eigenvalue weighted by atomic mass is 79.9. The monoisotopic (exact) mass is 342 g/mol. The molecule has 5 heteroatoms. The summed E-state index contributed by atoms with van der Waals surface area (Å²) in [6, 6.07) is 4.02. The van der Waals surface area contributed by atoms with Crippen molar-refractivity contribution in [2.75, 3.05) is 33.9 Å². The van der Waals surface area contributed by atoms with Gasteiger partial charge in [-0.3, -0.25) is 4.90 Å². The SMILES string of the molecule is COc1cc(Br)c(CN2CCCC(CN)C2)cc1OC. The van der Waals surface area contributed by atoms with Gasteiger partial charge < -0.3 is 15.2 Å². The Bertz CT molecular complexity index is 454. The van der Waals surface area contributed by atoms with Crippen LogP contribution in [0.25, 0.3) is 0 Å². The third-order valence-corrected chi connectivity index (χ3v) is 4.62. The van der Waals surface area contributed by atoms with Crippen LogP contribution in [0.5, 0.6) is 11.5 Å². The third kappa shape index (κ3) is 3.65. The van der Waals surface area contributed by atoms with E-state index in [4.69, 9.17) is 15.2 Å². The van der Waals surface area contributed by atoms with Crippen molar-refractivity contribution in [3.8, 4) is 11.5 Å². The van der Waals surface area contributed by atoms with Gasteiger partial charge in [0.25, 0.3) is 0 Å². The maximum Gasteiger partial charge on any atom is 0.161 e. The van der Waals surface area contributed by atoms with Gasteiger partial charge in [-0.1, -0.05) is 15.9 Å². The lowest BCUT2D eigenvalue weighted by molar-refractivity contribution is 0.170. The van der Waals surface area contributed by atoms with Crippen molar-refractivity contribution in [3.05, 3.63) is 22.2 Å². The molecule has 1 aromatic rings. The number of piperidine rings is 1. The fourth-order valence-corrected chi connectivity index (χ4v) is 3.19. The minimum atomic E-state index is 0.627. The van der Waals surface area contributed by atoms with E-state index < -0.39 is 0 Å². The fourth-order valence-electron chi connectivity index (χ4n) is 2.75. The number of benzene rings is 1. The second-order valence-electron chi connectivity index (χ2n) is 5.28. The van der Waals surface area contributed by atoms with E-state index in [2.05, 4.69) is 26.9 Å². The molecule has 1 aliphatic heterocycles. The average Bonchev–Trinajstić information content (AvgIpc) is 2.49. The molecule has 0 spiro atoms. The summed E-state index contributed by atoms with van der Waals surface area (Å²) >= 11 is 3.62. The number of rotatable bonds is 5. The first kappa shape index (κ1) is 15.6. The molecule has 1 aliphatic rings. The number of likely N-dealkylation sites (tertiary alicyclic amines) is 1. The maximum atomic E-state index is 5.80. The van der Waals surface area contributed by atoms with E-state index in [0.717, 1.165) is 42.2 Å². The molecule has 4 nitrogen and oxygen atoms in total. The molecule has 0 radical (unpaired) electrons. The second kappa shape index (κ2) is 7.29. The highest BCUT2D eigenvalue weighted by Crippen LogP contribution is 2.34. The molecular weight excluding hydrogens is 320 g/mol. The van der Waals surface area contributed by atoms with Crippen LogP contribution in [0.4, 0.5) is 0 Å². The number of nitrogens with zero attached hydrogens (tertiary/aromatic N) is 1. The third-order valence-electron chi connectivity index (χ3n) is 3.88. The highest BCUT2D eigenvalue weighted by Gasteiger charge is 2.20. The molecule has 0 saturated carbocycles. The first-order valence-corrected chi connectivity index (χ1v) is 7.80. The summed E-state index contributed by atoms with van der Waals surface area (Å²) in [5.74, 6) is 2.15. The molecule has 1 unspecified atom stereocenters. The number of ether oxygens (including phenoxy) is 2. The normalized spacial score (nSPS) is 19.9. The van der Waals surface area contributed by atoms with Crippen molar-refractivity contribution in [3.63, 3.8) is 0 Å². The van der Waals surface area contributed by atoms with Gasteiger partial charge in [0.1, 0.15) is 0 Å². The van der Waals surface area contributed by atoms with E-state index in [9.17, 15) is 0 Å². The first-order valence-electron chi connectivity index (χ1n) is 7.00. The molecule has 1 saturated heterocycles. The van der Waals surface area contributed by atoms with Gasteiger partial charge in [0.15, 0.2) is 11.5 Å². The van der Waals surface area contributed by atoms with Crippen molar-refractivity contribution in [1.29, 1.82) is 0 Å². The van der Waals surface area contributed by atoms with Gasteiger partial charge >= 0.3 is 0 Å². The highest BCUT2D eigenvalue weighted by molar-refractivity contribution is 9.10. The van der Waals surface area contributed by atoms with E-state index in [1.165, 1.54) is 18.4 Å². The molecule has 1 heterocycles. The van der Waals surface area contributed by atoms with Gasteiger partial charge in [0.05, 0.1) is 14.2 Å². The Hall–Kier alpha value is -0.780. The number of nitrogens with two attached hydrogens (primary N) is 1. The van der Waals surface area contributed by atoms with Crippen molar-refractivity contribution in [2.45, 2.75) is 19.4 Å². The molecule has 0 bridgehead atoms. The van der Waals surface area contributed by atoms with Crippen molar-refractivity contribution in [1.82, 2.24) is 4.90 Å². The number of methoxy groups -OCH3 is 2. The Morgan fingerprint density at radius 2 is 2.00 bits per heavy atom. The van der Waals surface area contributed by atoms with Gasteiger partial charge in [-0.2, -0.15) is 0 Å². The molecule has 2 rings (SSSR count). The summed E-state index contributed by atoms with van der Waals surface area (Å²) in [6.45, 7) is 3.91. The van der Waals surface area contributed by atoms with Crippen LogP contribution in [0.1, 0.15) is 18.4 Å². The van der Waals surface area contributed by atoms with Crippen molar-refractivity contribution >= 4 is 15.9 Å². The van der Waals surface area contributed by atoms with E-state index in [1.807, 2.05) is 6.07 Å². The topological polar surface area (TPSA) is 47.7 Å². The molecule has 0 aliphatic carbocycles. The lowest BCUT2D eigenvalue weighted by atomic mass is 9.98. The van der Waals surface area contributed by atoms with Crippen LogP contribution >= 0.6 is 15.9 Å². The zero-order valence-electron chi connectivity index (χ0n) is 12.2. The van der Waals surface area contributed by atoms with Gasteiger partial charge in [-0.05, 0) is 49.5 Å². The van der Waals surface area contributed by atoms with Crippen LogP contribution in [0, 0.1) is 5.92 Å². The summed E-state index contributed by atoms with van der Waals surface area (Å²) in [5.41, 5.74) is 7.02. The Kier molecular flexibility index (Phi) is 5.69. The van der Waals surface area contributed by atoms with Crippen molar-refractivity contribution in [2.24, 2.45) is 11.7 Å². The maximum absolute atomic E-state index is 5.80. The molecular formula is C15H23BrN2O2. The Morgan fingerprint density at radius 1 is 1.30 bits per heavy atom. The van der Waals surface area contributed by atoms with Crippen LogP contribution in [0.3, 0.4) is 0 Å². The summed E-state index contributed by atoms with van der Waals surface area (Å²) in [6.07, 6.45) is 2.48. The average molecular weight is 343 g/mol. The molecule has 2 N–H and O–H groups in total. The van der Waals surface area contributed by atoms with Crippen molar-refractivity contribution < 1.29 is 9.47 Å². The van der Waals surface area contributed by atoms with Crippen LogP contribution in [0.15, 0.2) is 16.6 Å². The molecule has 1 aromatic carbocycles. The zero-order valence-corrected chi connectivity index (χ0v) is 13.8. The van der Waals surface area contributed by atoms with Gasteiger partial charge in [-0.15, -0.1) is 0 Å². The van der Waals surface area contributed by atoms with E-state index in [0.29, 0.717) is 5.92 Å². The smallest absolute Gasteiger partial charge is 0.161 e. The quantitative estimate of drug-likeness (QED) is 0.893. The summed E-state index contributed by atoms with van der Waals surface area (Å²) in [4.78, 5) is 2.47. The predicted molar refractivity (Wildman–Crippen MR) is 84.3 cm³/mol. The predicted octanol–water partition coefficient (Wildman–Crippen LogP) is 2.64. The van der Waals surface area contributed by atoms with Crippen LogP contribution < -0.4 is 15.2 Å². The standard InChI is InChI=1S/C15H23BrN2O2/c1-19-14-6-12(13(16)7-15(14)20-2)10-18-5-3-4-11(8-17)9-18/h6-7,11H,3-5,8-10,17H2,1-2H3. The molecule has 0 aromatic heterocycles. The largest absolute Gasteiger partial charge is 0.493 e. The number of hydrogen-bond donors (Lipinski definition) is 1. The number of halogens is 1. The Morgan fingerprint density at radius 3 is 2.65 bits per heavy atom. The fraction of sp³-hybridized carbons (Fsp3) is 0.600. The number of hydrogen-bond acceptors (Lipinski definition) is 4. The van der Waals surface area contributed by atoms with Crippen LogP contribution in [-0.4, -0.2) is 38.8 Å². The minimum Gasteiger partial charge on any atom is -0.493 e. The second-order valence-corrected chi connectivity index (χ2v) is 6.13. The van der Waals surface area contributed by atoms with Crippen LogP contribution in [-0.2, 0) is 6.54 Å². The van der Waals surface area contributed by atoms with E-state index in [-0.39, 0.29) is 0 Å². The molecule has 1 fully saturated rings. The zero-order chi connectivity index (χ0) is 14.5. The van der Waals surface area contributed by atoms with Gasteiger partial charge in [-0.25, -0.2) is 0 Å². The molecule has 112 valence electrons. The Labute approximate surface area is 129 Å². The summed E-state index contributed by atoms with van der Waals surface area (Å²) in [5, 5.41) is 0. The summed E-state index contributed by atoms with van der Waals surface area (Å²) < 4.78 is 11.8. The van der Waals surface area contributed by atoms with E-state index in [1.54, 1.807) is 14.2 Å². The van der Waals surface area contributed by atoms with Gasteiger partial charge in [0.2, 0.25) is 0 Å². The van der Waals surface area contributed by atoms with Gasteiger partial charge in [0, 0.05) is 17.6 Å². The first-order chi connectivity index (χ1) is 9.67. The lowest BCUT2D eigenvalue weighted by Crippen LogP contribution is -2.37. The molecule has 20 heavy (non-hydrogen) atoms. The van der Waals surface area contributed by atoms with Crippen LogP contribution in [0.2, 0.25) is 0 Å². The van der Waals surface area contributed by atoms with E-state index >= 15 is 0 Å². The summed E-state index contributed by atoms with van der Waals surface area (Å²) in [7, 11) is 3.32. The minimum absolute atomic E-state index is 0.627. The molecule has 1 atom stereocenters. The molecule has 0 amide bonds.